The first-order valence-corrected chi connectivity index (χ1v) is 8.14. The summed E-state index contributed by atoms with van der Waals surface area (Å²) in [6.07, 6.45) is 8.13. The predicted molar refractivity (Wildman–Crippen MR) is 88.3 cm³/mol. The van der Waals surface area contributed by atoms with Crippen LogP contribution in [0.15, 0.2) is 42.7 Å². The van der Waals surface area contributed by atoms with Crippen LogP contribution in [0, 0.1) is 0 Å². The number of aromatic nitrogens is 1. The average Bonchev–Trinajstić information content (AvgIpc) is 3.19. The SMILES string of the molecule is Cn1ccc(OC(=O)C(C)(O)c2ccccc2C2CCCC2)c1. The van der Waals surface area contributed by atoms with Crippen LogP contribution in [-0.4, -0.2) is 15.6 Å². The minimum absolute atomic E-state index is 0.419. The molecule has 122 valence electrons. The molecule has 1 aromatic heterocycles. The fraction of sp³-hybridized carbons (Fsp3) is 0.421. The Hall–Kier alpha value is -2.07. The van der Waals surface area contributed by atoms with Crippen LogP contribution < -0.4 is 4.74 Å². The first kappa shape index (κ1) is 15.8. The Balaban J connectivity index is 1.88. The minimum atomic E-state index is -1.66. The van der Waals surface area contributed by atoms with Crippen molar-refractivity contribution < 1.29 is 14.6 Å². The molecule has 1 aliphatic carbocycles. The van der Waals surface area contributed by atoms with E-state index in [0.29, 0.717) is 17.2 Å². The molecule has 23 heavy (non-hydrogen) atoms. The Kier molecular flexibility index (Phi) is 4.26. The lowest BCUT2D eigenvalue weighted by Crippen LogP contribution is -2.37. The molecule has 1 unspecified atom stereocenters. The van der Waals surface area contributed by atoms with Crippen LogP contribution >= 0.6 is 0 Å². The lowest BCUT2D eigenvalue weighted by atomic mass is 9.85. The number of aryl methyl sites for hydroxylation is 1. The summed E-state index contributed by atoms with van der Waals surface area (Å²) >= 11 is 0. The molecule has 1 aromatic carbocycles. The van der Waals surface area contributed by atoms with E-state index in [4.69, 9.17) is 4.74 Å². The largest absolute Gasteiger partial charge is 0.423 e. The molecule has 1 saturated carbocycles. The van der Waals surface area contributed by atoms with E-state index in [1.165, 1.54) is 19.8 Å². The molecule has 0 amide bonds. The number of hydrogen-bond donors (Lipinski definition) is 1. The van der Waals surface area contributed by atoms with Gasteiger partial charge in [0.15, 0.2) is 5.60 Å². The van der Waals surface area contributed by atoms with Crippen molar-refractivity contribution >= 4 is 5.97 Å². The predicted octanol–water partition coefficient (Wildman–Crippen LogP) is 3.50. The monoisotopic (exact) mass is 313 g/mol. The normalized spacial score (nSPS) is 17.9. The number of aliphatic hydroxyl groups is 1. The number of hydrogen-bond acceptors (Lipinski definition) is 3. The number of esters is 1. The molecule has 1 fully saturated rings. The molecule has 0 bridgehead atoms. The van der Waals surface area contributed by atoms with Gasteiger partial charge in [-0.3, -0.25) is 0 Å². The van der Waals surface area contributed by atoms with Crippen molar-refractivity contribution in [1.29, 1.82) is 0 Å². The van der Waals surface area contributed by atoms with Gasteiger partial charge < -0.3 is 14.4 Å². The maximum absolute atomic E-state index is 12.5. The van der Waals surface area contributed by atoms with Crippen LogP contribution in [0.3, 0.4) is 0 Å². The Labute approximate surface area is 136 Å². The first-order valence-electron chi connectivity index (χ1n) is 8.14. The quantitative estimate of drug-likeness (QED) is 0.879. The van der Waals surface area contributed by atoms with E-state index in [1.54, 1.807) is 23.0 Å². The number of nitrogens with zero attached hydrogens (tertiary/aromatic N) is 1. The van der Waals surface area contributed by atoms with Crippen molar-refractivity contribution in [3.63, 3.8) is 0 Å². The molecular formula is C19H23NO3. The Morgan fingerprint density at radius 2 is 1.96 bits per heavy atom. The summed E-state index contributed by atoms with van der Waals surface area (Å²) in [6, 6.07) is 9.39. The second-order valence-electron chi connectivity index (χ2n) is 6.54. The molecule has 4 heteroatoms. The summed E-state index contributed by atoms with van der Waals surface area (Å²) in [6.45, 7) is 1.52. The van der Waals surface area contributed by atoms with Crippen molar-refractivity contribution in [1.82, 2.24) is 4.57 Å². The first-order chi connectivity index (χ1) is 11.0. The van der Waals surface area contributed by atoms with Gasteiger partial charge >= 0.3 is 5.97 Å². The average molecular weight is 313 g/mol. The summed E-state index contributed by atoms with van der Waals surface area (Å²) < 4.78 is 7.16. The summed E-state index contributed by atoms with van der Waals surface area (Å²) in [7, 11) is 1.85. The van der Waals surface area contributed by atoms with Gasteiger partial charge in [-0.25, -0.2) is 4.79 Å². The van der Waals surface area contributed by atoms with Crippen LogP contribution in [0.1, 0.15) is 49.7 Å². The molecule has 3 rings (SSSR count). The fourth-order valence-corrected chi connectivity index (χ4v) is 3.39. The lowest BCUT2D eigenvalue weighted by molar-refractivity contribution is -0.154. The number of benzene rings is 1. The molecule has 0 radical (unpaired) electrons. The highest BCUT2D eigenvalue weighted by atomic mass is 16.6. The molecule has 0 saturated heterocycles. The Bertz CT molecular complexity index is 696. The second-order valence-corrected chi connectivity index (χ2v) is 6.54. The minimum Gasteiger partial charge on any atom is -0.423 e. The van der Waals surface area contributed by atoms with Gasteiger partial charge in [0.05, 0.1) is 0 Å². The molecule has 1 heterocycles. The molecule has 0 spiro atoms. The van der Waals surface area contributed by atoms with Crippen LogP contribution in [0.25, 0.3) is 0 Å². The highest BCUT2D eigenvalue weighted by Gasteiger charge is 2.38. The molecule has 0 aliphatic heterocycles. The van der Waals surface area contributed by atoms with Gasteiger partial charge in [0.25, 0.3) is 0 Å². The molecular weight excluding hydrogens is 290 g/mol. The van der Waals surface area contributed by atoms with Gasteiger partial charge in [-0.15, -0.1) is 0 Å². The number of ether oxygens (including phenoxy) is 1. The summed E-state index contributed by atoms with van der Waals surface area (Å²) in [5.74, 6) is 0.215. The van der Waals surface area contributed by atoms with E-state index in [2.05, 4.69) is 0 Å². The zero-order valence-electron chi connectivity index (χ0n) is 13.7. The van der Waals surface area contributed by atoms with Gasteiger partial charge in [0, 0.05) is 19.4 Å². The van der Waals surface area contributed by atoms with Gasteiger partial charge in [-0.2, -0.15) is 0 Å². The summed E-state index contributed by atoms with van der Waals surface area (Å²) in [5, 5.41) is 10.9. The van der Waals surface area contributed by atoms with Gasteiger partial charge in [0.2, 0.25) is 0 Å². The standard InChI is InChI=1S/C19H23NO3/c1-19(22,18(21)23-15-11-12-20(2)13-15)17-10-6-5-9-16(17)14-7-3-4-8-14/h5-6,9-14,22H,3-4,7-8H2,1-2H3. The van der Waals surface area contributed by atoms with E-state index >= 15 is 0 Å². The van der Waals surface area contributed by atoms with Crippen molar-refractivity contribution in [2.45, 2.75) is 44.1 Å². The summed E-state index contributed by atoms with van der Waals surface area (Å²) in [4.78, 5) is 12.5. The molecule has 4 nitrogen and oxygen atoms in total. The van der Waals surface area contributed by atoms with E-state index in [9.17, 15) is 9.90 Å². The molecule has 1 aliphatic rings. The van der Waals surface area contributed by atoms with Crippen LogP contribution in [0.4, 0.5) is 0 Å². The van der Waals surface area contributed by atoms with Crippen molar-refractivity contribution in [3.05, 3.63) is 53.9 Å². The van der Waals surface area contributed by atoms with Crippen LogP contribution in [0.5, 0.6) is 5.75 Å². The van der Waals surface area contributed by atoms with Gasteiger partial charge in [0.1, 0.15) is 5.75 Å². The van der Waals surface area contributed by atoms with Crippen molar-refractivity contribution in [2.75, 3.05) is 0 Å². The number of carbonyl (C=O) groups is 1. The van der Waals surface area contributed by atoms with Crippen molar-refractivity contribution in [3.8, 4) is 5.75 Å². The van der Waals surface area contributed by atoms with Gasteiger partial charge in [-0.05, 0) is 42.9 Å². The highest BCUT2D eigenvalue weighted by molar-refractivity contribution is 5.83. The Morgan fingerprint density at radius 1 is 1.26 bits per heavy atom. The number of rotatable bonds is 4. The molecule has 2 aromatic rings. The zero-order chi connectivity index (χ0) is 16.4. The van der Waals surface area contributed by atoms with Crippen LogP contribution in [-0.2, 0) is 17.4 Å². The maximum Gasteiger partial charge on any atom is 0.347 e. The zero-order valence-corrected chi connectivity index (χ0v) is 13.7. The maximum atomic E-state index is 12.5. The third-order valence-corrected chi connectivity index (χ3v) is 4.69. The second kappa shape index (κ2) is 6.20. The van der Waals surface area contributed by atoms with E-state index in [0.717, 1.165) is 18.4 Å². The summed E-state index contributed by atoms with van der Waals surface area (Å²) in [5.41, 5.74) is 0.0718. The van der Waals surface area contributed by atoms with E-state index in [1.807, 2.05) is 31.3 Å². The molecule has 1 N–H and O–H groups in total. The van der Waals surface area contributed by atoms with Gasteiger partial charge in [-0.1, -0.05) is 37.1 Å². The third kappa shape index (κ3) is 3.17. The lowest BCUT2D eigenvalue weighted by Gasteiger charge is -2.26. The Morgan fingerprint density at radius 3 is 2.61 bits per heavy atom. The smallest absolute Gasteiger partial charge is 0.347 e. The van der Waals surface area contributed by atoms with E-state index in [-0.39, 0.29) is 0 Å². The highest BCUT2D eigenvalue weighted by Crippen LogP contribution is 2.39. The van der Waals surface area contributed by atoms with Crippen molar-refractivity contribution in [2.24, 2.45) is 7.05 Å². The van der Waals surface area contributed by atoms with E-state index < -0.39 is 11.6 Å². The third-order valence-electron chi connectivity index (χ3n) is 4.69. The number of carbonyl (C=O) groups excluding carboxylic acids is 1. The fourth-order valence-electron chi connectivity index (χ4n) is 3.39. The molecule has 1 atom stereocenters. The topological polar surface area (TPSA) is 51.5 Å². The van der Waals surface area contributed by atoms with Crippen LogP contribution in [0.2, 0.25) is 0 Å².